The van der Waals surface area contributed by atoms with Gasteiger partial charge in [0.05, 0.1) is 13.7 Å². The van der Waals surface area contributed by atoms with Crippen LogP contribution in [0.2, 0.25) is 0 Å². The summed E-state index contributed by atoms with van der Waals surface area (Å²) < 4.78 is 11.2. The number of methoxy groups -OCH3 is 1. The van der Waals surface area contributed by atoms with Crippen molar-refractivity contribution in [2.24, 2.45) is 11.7 Å². The van der Waals surface area contributed by atoms with Gasteiger partial charge in [0.15, 0.2) is 11.5 Å². The van der Waals surface area contributed by atoms with E-state index in [1.165, 1.54) is 0 Å². The minimum atomic E-state index is 0.0185. The maximum atomic E-state index is 12.7. The summed E-state index contributed by atoms with van der Waals surface area (Å²) in [4.78, 5) is 14.5. The van der Waals surface area contributed by atoms with Gasteiger partial charge < -0.3 is 20.1 Å². The molecule has 0 aliphatic carbocycles. The Balaban J connectivity index is 2.10. The van der Waals surface area contributed by atoms with Crippen molar-refractivity contribution in [2.45, 2.75) is 39.2 Å². The lowest BCUT2D eigenvalue weighted by molar-refractivity contribution is 0.0740. The molecule has 0 spiro atoms. The number of nitrogens with zero attached hydrogens (tertiary/aromatic N) is 1. The van der Waals surface area contributed by atoms with Gasteiger partial charge in [-0.1, -0.05) is 13.8 Å². The monoisotopic (exact) mass is 320 g/mol. The van der Waals surface area contributed by atoms with Gasteiger partial charge in [-0.25, -0.2) is 0 Å². The summed E-state index contributed by atoms with van der Waals surface area (Å²) in [6.45, 7) is 6.25. The third-order valence-electron chi connectivity index (χ3n) is 4.27. The van der Waals surface area contributed by atoms with E-state index in [9.17, 15) is 4.79 Å². The lowest BCUT2D eigenvalue weighted by atomic mass is 10.1. The molecule has 0 aromatic heterocycles. The largest absolute Gasteiger partial charge is 0.493 e. The van der Waals surface area contributed by atoms with Gasteiger partial charge in [-0.2, -0.15) is 0 Å². The highest BCUT2D eigenvalue weighted by molar-refractivity contribution is 5.95. The fourth-order valence-electron chi connectivity index (χ4n) is 2.84. The van der Waals surface area contributed by atoms with Crippen molar-refractivity contribution in [3.63, 3.8) is 0 Å². The molecule has 5 nitrogen and oxygen atoms in total. The van der Waals surface area contributed by atoms with E-state index in [2.05, 4.69) is 13.8 Å². The van der Waals surface area contributed by atoms with Crippen LogP contribution in [0, 0.1) is 5.92 Å². The molecule has 0 radical (unpaired) electrons. The first kappa shape index (κ1) is 17.6. The Morgan fingerprint density at radius 1 is 1.39 bits per heavy atom. The molecule has 1 aliphatic rings. The van der Waals surface area contributed by atoms with E-state index in [0.29, 0.717) is 36.1 Å². The zero-order valence-electron chi connectivity index (χ0n) is 14.4. The number of carbonyl (C=O) groups is 1. The van der Waals surface area contributed by atoms with Gasteiger partial charge in [-0.3, -0.25) is 4.79 Å². The summed E-state index contributed by atoms with van der Waals surface area (Å²) in [5, 5.41) is 0. The van der Waals surface area contributed by atoms with Crippen molar-refractivity contribution in [1.82, 2.24) is 4.90 Å². The Kier molecular flexibility index (Phi) is 6.28. The third kappa shape index (κ3) is 4.38. The molecule has 5 heteroatoms. The zero-order chi connectivity index (χ0) is 16.8. The van der Waals surface area contributed by atoms with Crippen molar-refractivity contribution in [3.05, 3.63) is 23.8 Å². The fraction of sp³-hybridized carbons (Fsp3) is 0.611. The van der Waals surface area contributed by atoms with E-state index in [1.807, 2.05) is 17.0 Å². The minimum Gasteiger partial charge on any atom is -0.493 e. The molecule has 1 saturated heterocycles. The number of hydrogen-bond donors (Lipinski definition) is 1. The molecule has 23 heavy (non-hydrogen) atoms. The van der Waals surface area contributed by atoms with Gasteiger partial charge in [0.25, 0.3) is 5.91 Å². The van der Waals surface area contributed by atoms with Crippen molar-refractivity contribution in [2.75, 3.05) is 26.8 Å². The first-order chi connectivity index (χ1) is 11.1. The maximum Gasteiger partial charge on any atom is 0.254 e. The number of nitrogens with two attached hydrogens (primary N) is 1. The van der Waals surface area contributed by atoms with E-state index in [1.54, 1.807) is 13.2 Å². The molecule has 1 atom stereocenters. The van der Waals surface area contributed by atoms with Crippen LogP contribution in [0.25, 0.3) is 0 Å². The molecule has 1 heterocycles. The number of carbonyl (C=O) groups excluding carboxylic acids is 1. The Morgan fingerprint density at radius 3 is 2.83 bits per heavy atom. The Morgan fingerprint density at radius 2 is 2.17 bits per heavy atom. The van der Waals surface area contributed by atoms with E-state index in [4.69, 9.17) is 15.2 Å². The van der Waals surface area contributed by atoms with Gasteiger partial charge in [0.1, 0.15) is 0 Å². The van der Waals surface area contributed by atoms with Crippen LogP contribution in [-0.4, -0.2) is 43.7 Å². The molecular weight excluding hydrogens is 292 g/mol. The van der Waals surface area contributed by atoms with Gasteiger partial charge in [-0.05, 0) is 43.4 Å². The van der Waals surface area contributed by atoms with E-state index in [0.717, 1.165) is 25.8 Å². The molecule has 0 bridgehead atoms. The number of benzene rings is 1. The van der Waals surface area contributed by atoms with E-state index >= 15 is 0 Å². The molecule has 1 amide bonds. The Hall–Kier alpha value is -1.75. The molecule has 2 N–H and O–H groups in total. The summed E-state index contributed by atoms with van der Waals surface area (Å²) >= 11 is 0. The highest BCUT2D eigenvalue weighted by atomic mass is 16.5. The minimum absolute atomic E-state index is 0.0185. The van der Waals surface area contributed by atoms with Gasteiger partial charge in [0, 0.05) is 24.7 Å². The van der Waals surface area contributed by atoms with Crippen LogP contribution in [0.3, 0.4) is 0 Å². The maximum absolute atomic E-state index is 12.7. The SMILES string of the molecule is COc1cc(C(=O)N2CCCC2CN)ccc1OCCC(C)C. The van der Waals surface area contributed by atoms with Crippen LogP contribution in [0.1, 0.15) is 43.5 Å². The molecule has 1 aromatic carbocycles. The number of ether oxygens (including phenoxy) is 2. The molecule has 2 rings (SSSR count). The van der Waals surface area contributed by atoms with Crippen molar-refractivity contribution >= 4 is 5.91 Å². The number of amides is 1. The number of rotatable bonds is 7. The molecular formula is C18H28N2O3. The van der Waals surface area contributed by atoms with Crippen LogP contribution in [0.4, 0.5) is 0 Å². The standard InChI is InChI=1S/C18H28N2O3/c1-13(2)8-10-23-16-7-6-14(11-17(16)22-3)18(21)20-9-4-5-15(20)12-19/h6-7,11,13,15H,4-5,8-10,12,19H2,1-3H3. The lowest BCUT2D eigenvalue weighted by Crippen LogP contribution is -2.39. The van der Waals surface area contributed by atoms with Crippen LogP contribution in [0.5, 0.6) is 11.5 Å². The van der Waals surface area contributed by atoms with E-state index in [-0.39, 0.29) is 11.9 Å². The van der Waals surface area contributed by atoms with Gasteiger partial charge in [-0.15, -0.1) is 0 Å². The highest BCUT2D eigenvalue weighted by Gasteiger charge is 2.28. The van der Waals surface area contributed by atoms with Gasteiger partial charge >= 0.3 is 0 Å². The van der Waals surface area contributed by atoms with Crippen LogP contribution < -0.4 is 15.2 Å². The van der Waals surface area contributed by atoms with Crippen LogP contribution in [0.15, 0.2) is 18.2 Å². The molecule has 1 unspecified atom stereocenters. The average molecular weight is 320 g/mol. The second kappa shape index (κ2) is 8.20. The van der Waals surface area contributed by atoms with Crippen LogP contribution in [-0.2, 0) is 0 Å². The molecule has 1 aliphatic heterocycles. The molecule has 1 aromatic rings. The highest BCUT2D eigenvalue weighted by Crippen LogP contribution is 2.30. The average Bonchev–Trinajstić information content (AvgIpc) is 3.02. The van der Waals surface area contributed by atoms with Crippen molar-refractivity contribution in [1.29, 1.82) is 0 Å². The molecule has 0 saturated carbocycles. The predicted octanol–water partition coefficient (Wildman–Crippen LogP) is 2.68. The van der Waals surface area contributed by atoms with Crippen molar-refractivity contribution in [3.8, 4) is 11.5 Å². The third-order valence-corrected chi connectivity index (χ3v) is 4.27. The number of hydrogen-bond acceptors (Lipinski definition) is 4. The quantitative estimate of drug-likeness (QED) is 0.839. The summed E-state index contributed by atoms with van der Waals surface area (Å²) in [6, 6.07) is 5.54. The second-order valence-corrected chi connectivity index (χ2v) is 6.43. The predicted molar refractivity (Wildman–Crippen MR) is 91.1 cm³/mol. The topological polar surface area (TPSA) is 64.8 Å². The fourth-order valence-corrected chi connectivity index (χ4v) is 2.84. The summed E-state index contributed by atoms with van der Waals surface area (Å²) in [6.07, 6.45) is 2.98. The Labute approximate surface area is 138 Å². The van der Waals surface area contributed by atoms with E-state index < -0.39 is 0 Å². The first-order valence-corrected chi connectivity index (χ1v) is 8.38. The molecule has 1 fully saturated rings. The number of likely N-dealkylation sites (tertiary alicyclic amines) is 1. The summed E-state index contributed by atoms with van der Waals surface area (Å²) in [5.41, 5.74) is 6.38. The summed E-state index contributed by atoms with van der Waals surface area (Å²) in [7, 11) is 1.59. The molecule has 128 valence electrons. The van der Waals surface area contributed by atoms with Crippen molar-refractivity contribution < 1.29 is 14.3 Å². The van der Waals surface area contributed by atoms with Crippen LogP contribution >= 0.6 is 0 Å². The first-order valence-electron chi connectivity index (χ1n) is 8.38. The normalized spacial score (nSPS) is 17.6. The smallest absolute Gasteiger partial charge is 0.254 e. The van der Waals surface area contributed by atoms with Gasteiger partial charge in [0.2, 0.25) is 0 Å². The lowest BCUT2D eigenvalue weighted by Gasteiger charge is -2.24. The Bertz CT molecular complexity index is 531. The summed E-state index contributed by atoms with van der Waals surface area (Å²) in [5.74, 6) is 1.89. The zero-order valence-corrected chi connectivity index (χ0v) is 14.4. The second-order valence-electron chi connectivity index (χ2n) is 6.43.